The van der Waals surface area contributed by atoms with Crippen molar-refractivity contribution in [2.75, 3.05) is 19.7 Å². The van der Waals surface area contributed by atoms with Crippen LogP contribution in [0.2, 0.25) is 0 Å². The number of hydrogen-bond acceptors (Lipinski definition) is 3. The van der Waals surface area contributed by atoms with E-state index >= 15 is 0 Å². The number of nitrogens with zero attached hydrogens (tertiary/aromatic N) is 1. The summed E-state index contributed by atoms with van der Waals surface area (Å²) in [5, 5.41) is 2.59. The van der Waals surface area contributed by atoms with E-state index in [1.807, 2.05) is 6.92 Å². The van der Waals surface area contributed by atoms with Gasteiger partial charge in [0.2, 0.25) is 0 Å². The standard InChI is InChI=1S/C11H20N2O3/c1-3-7-13(9-5-6-9)11(15)12-8-10(14)16-4-2/h9H,3-8H2,1-2H3,(H,12,15). The van der Waals surface area contributed by atoms with Gasteiger partial charge >= 0.3 is 12.0 Å². The summed E-state index contributed by atoms with van der Waals surface area (Å²) in [4.78, 5) is 24.6. The number of rotatable bonds is 6. The van der Waals surface area contributed by atoms with Gasteiger partial charge < -0.3 is 15.0 Å². The third-order valence-electron chi connectivity index (χ3n) is 2.40. The van der Waals surface area contributed by atoms with Crippen molar-refractivity contribution in [2.45, 2.75) is 39.2 Å². The number of ether oxygens (including phenoxy) is 1. The molecular weight excluding hydrogens is 208 g/mol. The molecule has 1 N–H and O–H groups in total. The molecule has 1 aliphatic rings. The minimum absolute atomic E-state index is 0.0421. The van der Waals surface area contributed by atoms with Crippen LogP contribution in [0.5, 0.6) is 0 Å². The molecule has 0 aromatic heterocycles. The number of nitrogens with one attached hydrogen (secondary N) is 1. The maximum absolute atomic E-state index is 11.7. The fourth-order valence-corrected chi connectivity index (χ4v) is 1.54. The van der Waals surface area contributed by atoms with Gasteiger partial charge in [-0.3, -0.25) is 4.79 Å². The monoisotopic (exact) mass is 228 g/mol. The van der Waals surface area contributed by atoms with Crippen LogP contribution in [-0.4, -0.2) is 42.6 Å². The predicted octanol–water partition coefficient (Wildman–Crippen LogP) is 1.13. The Labute approximate surface area is 96.1 Å². The van der Waals surface area contributed by atoms with Gasteiger partial charge in [-0.25, -0.2) is 4.79 Å². The van der Waals surface area contributed by atoms with Crippen LogP contribution >= 0.6 is 0 Å². The lowest BCUT2D eigenvalue weighted by Crippen LogP contribution is -2.43. The molecule has 0 heterocycles. The zero-order valence-electron chi connectivity index (χ0n) is 9.99. The average molecular weight is 228 g/mol. The highest BCUT2D eigenvalue weighted by atomic mass is 16.5. The van der Waals surface area contributed by atoms with Gasteiger partial charge in [0.05, 0.1) is 6.61 Å². The van der Waals surface area contributed by atoms with Gasteiger partial charge in [-0.15, -0.1) is 0 Å². The molecule has 5 heteroatoms. The Hall–Kier alpha value is -1.26. The normalized spacial score (nSPS) is 14.4. The number of hydrogen-bond donors (Lipinski definition) is 1. The Morgan fingerprint density at radius 2 is 2.06 bits per heavy atom. The summed E-state index contributed by atoms with van der Waals surface area (Å²) in [6.45, 7) is 4.83. The molecule has 16 heavy (non-hydrogen) atoms. The number of carbonyl (C=O) groups excluding carboxylic acids is 2. The van der Waals surface area contributed by atoms with Gasteiger partial charge in [-0.1, -0.05) is 6.92 Å². The van der Waals surface area contributed by atoms with Crippen LogP contribution in [0, 0.1) is 0 Å². The predicted molar refractivity (Wildman–Crippen MR) is 60.1 cm³/mol. The lowest BCUT2D eigenvalue weighted by molar-refractivity contribution is -0.141. The Balaban J connectivity index is 2.28. The summed E-state index contributed by atoms with van der Waals surface area (Å²) in [7, 11) is 0. The van der Waals surface area contributed by atoms with Crippen LogP contribution in [0.25, 0.3) is 0 Å². The van der Waals surface area contributed by atoms with Crippen molar-refractivity contribution in [3.05, 3.63) is 0 Å². The van der Waals surface area contributed by atoms with Gasteiger partial charge in [-0.05, 0) is 26.2 Å². The molecule has 0 aromatic carbocycles. The fourth-order valence-electron chi connectivity index (χ4n) is 1.54. The quantitative estimate of drug-likeness (QED) is 0.693. The van der Waals surface area contributed by atoms with Crippen molar-refractivity contribution in [1.29, 1.82) is 0 Å². The van der Waals surface area contributed by atoms with E-state index < -0.39 is 0 Å². The van der Waals surface area contributed by atoms with Gasteiger partial charge in [0.25, 0.3) is 0 Å². The molecule has 0 saturated heterocycles. The molecule has 92 valence electrons. The second-order valence-corrected chi connectivity index (χ2v) is 3.89. The maximum atomic E-state index is 11.7. The zero-order chi connectivity index (χ0) is 12.0. The number of urea groups is 1. The molecule has 0 radical (unpaired) electrons. The first-order valence-corrected chi connectivity index (χ1v) is 5.89. The highest BCUT2D eigenvalue weighted by Gasteiger charge is 2.31. The minimum atomic E-state index is -0.386. The summed E-state index contributed by atoms with van der Waals surface area (Å²) >= 11 is 0. The molecule has 5 nitrogen and oxygen atoms in total. The van der Waals surface area contributed by atoms with Crippen LogP contribution in [0.3, 0.4) is 0 Å². The van der Waals surface area contributed by atoms with Crippen LogP contribution < -0.4 is 5.32 Å². The molecule has 1 saturated carbocycles. The highest BCUT2D eigenvalue weighted by Crippen LogP contribution is 2.26. The van der Waals surface area contributed by atoms with Crippen LogP contribution in [-0.2, 0) is 9.53 Å². The Morgan fingerprint density at radius 1 is 1.38 bits per heavy atom. The third kappa shape index (κ3) is 4.08. The van der Waals surface area contributed by atoms with E-state index in [0.29, 0.717) is 12.6 Å². The molecule has 0 unspecified atom stereocenters. The van der Waals surface area contributed by atoms with E-state index in [2.05, 4.69) is 5.32 Å². The summed E-state index contributed by atoms with van der Waals surface area (Å²) in [6.07, 6.45) is 3.09. The van der Waals surface area contributed by atoms with Gasteiger partial charge in [0.1, 0.15) is 6.54 Å². The van der Waals surface area contributed by atoms with Crippen LogP contribution in [0.15, 0.2) is 0 Å². The van der Waals surface area contributed by atoms with E-state index in [1.54, 1.807) is 11.8 Å². The van der Waals surface area contributed by atoms with Gasteiger partial charge in [-0.2, -0.15) is 0 Å². The molecule has 0 spiro atoms. The van der Waals surface area contributed by atoms with Crippen molar-refractivity contribution in [1.82, 2.24) is 10.2 Å². The lowest BCUT2D eigenvalue weighted by atomic mass is 10.4. The van der Waals surface area contributed by atoms with E-state index in [4.69, 9.17) is 4.74 Å². The molecular formula is C11H20N2O3. The Morgan fingerprint density at radius 3 is 2.56 bits per heavy atom. The molecule has 0 aromatic rings. The molecule has 2 amide bonds. The van der Waals surface area contributed by atoms with Crippen LogP contribution in [0.4, 0.5) is 4.79 Å². The number of carbonyl (C=O) groups is 2. The van der Waals surface area contributed by atoms with E-state index in [0.717, 1.165) is 25.8 Å². The molecule has 0 atom stereocenters. The molecule has 1 aliphatic carbocycles. The van der Waals surface area contributed by atoms with Gasteiger partial charge in [0.15, 0.2) is 0 Å². The summed E-state index contributed by atoms with van der Waals surface area (Å²) in [5.41, 5.74) is 0. The van der Waals surface area contributed by atoms with Crippen molar-refractivity contribution in [2.24, 2.45) is 0 Å². The molecule has 1 rings (SSSR count). The van der Waals surface area contributed by atoms with E-state index in [-0.39, 0.29) is 18.5 Å². The topological polar surface area (TPSA) is 58.6 Å². The Kier molecular flexibility index (Phi) is 5.08. The first kappa shape index (κ1) is 12.8. The van der Waals surface area contributed by atoms with Crippen molar-refractivity contribution in [3.8, 4) is 0 Å². The number of amides is 2. The number of esters is 1. The maximum Gasteiger partial charge on any atom is 0.325 e. The lowest BCUT2D eigenvalue weighted by Gasteiger charge is -2.21. The second-order valence-electron chi connectivity index (χ2n) is 3.89. The third-order valence-corrected chi connectivity index (χ3v) is 2.40. The molecule has 0 bridgehead atoms. The minimum Gasteiger partial charge on any atom is -0.465 e. The molecule has 0 aliphatic heterocycles. The van der Waals surface area contributed by atoms with Gasteiger partial charge in [0, 0.05) is 12.6 Å². The van der Waals surface area contributed by atoms with Crippen LogP contribution in [0.1, 0.15) is 33.1 Å². The van der Waals surface area contributed by atoms with E-state index in [1.165, 1.54) is 0 Å². The average Bonchev–Trinajstić information content (AvgIpc) is 3.07. The zero-order valence-corrected chi connectivity index (χ0v) is 9.99. The summed E-state index contributed by atoms with van der Waals surface area (Å²) < 4.78 is 4.74. The van der Waals surface area contributed by atoms with Crippen molar-refractivity contribution in [3.63, 3.8) is 0 Å². The second kappa shape index (κ2) is 6.35. The SMILES string of the molecule is CCCN(C(=O)NCC(=O)OCC)C1CC1. The smallest absolute Gasteiger partial charge is 0.325 e. The highest BCUT2D eigenvalue weighted by molar-refractivity contribution is 5.81. The van der Waals surface area contributed by atoms with Crippen molar-refractivity contribution >= 4 is 12.0 Å². The molecule has 1 fully saturated rings. The van der Waals surface area contributed by atoms with E-state index in [9.17, 15) is 9.59 Å². The van der Waals surface area contributed by atoms with Crippen molar-refractivity contribution < 1.29 is 14.3 Å². The fraction of sp³-hybridized carbons (Fsp3) is 0.818. The Bertz CT molecular complexity index is 252. The first-order valence-electron chi connectivity index (χ1n) is 5.89. The summed E-state index contributed by atoms with van der Waals surface area (Å²) in [5.74, 6) is -0.386. The first-order chi connectivity index (χ1) is 7.69. The largest absolute Gasteiger partial charge is 0.465 e. The summed E-state index contributed by atoms with van der Waals surface area (Å²) in [6, 6.07) is 0.222.